The van der Waals surface area contributed by atoms with Crippen LogP contribution < -0.4 is 20.3 Å². The van der Waals surface area contributed by atoms with Crippen molar-refractivity contribution in [2.24, 2.45) is 5.41 Å². The second-order valence-electron chi connectivity index (χ2n) is 9.99. The molecule has 2 atom stereocenters. The molecule has 0 aromatic carbocycles. The molecule has 1 saturated carbocycles. The summed E-state index contributed by atoms with van der Waals surface area (Å²) in [6.07, 6.45) is 5.27. The zero-order valence-electron chi connectivity index (χ0n) is 20.6. The van der Waals surface area contributed by atoms with Crippen molar-refractivity contribution in [3.05, 3.63) is 42.2 Å². The van der Waals surface area contributed by atoms with Crippen molar-refractivity contribution in [2.75, 3.05) is 36.2 Å². The molecule has 3 aromatic rings. The van der Waals surface area contributed by atoms with Gasteiger partial charge in [-0.2, -0.15) is 0 Å². The molecular weight excluding hydrogens is 512 g/mol. The highest BCUT2D eigenvalue weighted by molar-refractivity contribution is 8.00. The maximum atomic E-state index is 11.7. The molecule has 11 heteroatoms. The fourth-order valence-corrected chi connectivity index (χ4v) is 6.57. The Morgan fingerprint density at radius 2 is 2.03 bits per heavy atom. The van der Waals surface area contributed by atoms with Crippen molar-refractivity contribution in [2.45, 2.75) is 49.3 Å². The Morgan fingerprint density at radius 3 is 2.84 bits per heavy atom. The van der Waals surface area contributed by atoms with Gasteiger partial charge in [-0.3, -0.25) is 9.78 Å². The number of fused-ring (bicyclic) bond motifs is 2. The van der Waals surface area contributed by atoms with Crippen LogP contribution in [0.5, 0.6) is 5.88 Å². The van der Waals surface area contributed by atoms with Crippen molar-refractivity contribution in [1.29, 1.82) is 0 Å². The number of anilines is 2. The van der Waals surface area contributed by atoms with E-state index in [1.807, 2.05) is 36.5 Å². The summed E-state index contributed by atoms with van der Waals surface area (Å²) in [5.41, 5.74) is 3.82. The van der Waals surface area contributed by atoms with Gasteiger partial charge in [0.15, 0.2) is 0 Å². The maximum absolute atomic E-state index is 11.7. The van der Waals surface area contributed by atoms with Gasteiger partial charge in [0.1, 0.15) is 11.3 Å². The van der Waals surface area contributed by atoms with Gasteiger partial charge in [-0.25, -0.2) is 9.97 Å². The fourth-order valence-electron chi connectivity index (χ4n) is 5.81. The lowest BCUT2D eigenvalue weighted by molar-refractivity contribution is -0.113. The number of nitrogens with one attached hydrogen (secondary N) is 2. The molecule has 0 unspecified atom stereocenters. The summed E-state index contributed by atoms with van der Waals surface area (Å²) in [6.45, 7) is 2.40. The first-order valence-electron chi connectivity index (χ1n) is 12.4. The molecule has 5 heterocycles. The SMILES string of the molecule is COc1ccc2nccc(N3CCC4(CC3)C[C@H](NCc3ccc5c(n3)NC(=O)CS5)[C@@H](O)C4)c2n1.Cl. The number of halogens is 1. The molecule has 1 saturated heterocycles. The van der Waals surface area contributed by atoms with E-state index < -0.39 is 0 Å². The first kappa shape index (κ1) is 26.0. The lowest BCUT2D eigenvalue weighted by atomic mass is 9.76. The molecule has 9 nitrogen and oxygen atoms in total. The normalized spacial score (nSPS) is 22.4. The van der Waals surface area contributed by atoms with E-state index >= 15 is 0 Å². The van der Waals surface area contributed by atoms with Crippen LogP contribution in [-0.4, -0.2) is 64.1 Å². The van der Waals surface area contributed by atoms with Gasteiger partial charge < -0.3 is 25.4 Å². The number of methoxy groups -OCH3 is 1. The highest BCUT2D eigenvalue weighted by Crippen LogP contribution is 2.47. The number of nitrogens with zero attached hydrogens (tertiary/aromatic N) is 4. The lowest BCUT2D eigenvalue weighted by Crippen LogP contribution is -2.40. The Morgan fingerprint density at radius 1 is 1.19 bits per heavy atom. The Kier molecular flexibility index (Phi) is 7.44. The predicted molar refractivity (Wildman–Crippen MR) is 147 cm³/mol. The Bertz CT molecular complexity index is 1300. The smallest absolute Gasteiger partial charge is 0.235 e. The van der Waals surface area contributed by atoms with Crippen LogP contribution in [0.4, 0.5) is 11.5 Å². The van der Waals surface area contributed by atoms with E-state index in [0.29, 0.717) is 24.0 Å². The van der Waals surface area contributed by atoms with E-state index in [0.717, 1.165) is 66.1 Å². The first-order chi connectivity index (χ1) is 17.5. The number of piperidine rings is 1. The molecule has 196 valence electrons. The Hall–Kier alpha value is -2.66. The molecule has 3 aromatic heterocycles. The topological polar surface area (TPSA) is 112 Å². The van der Waals surface area contributed by atoms with Gasteiger partial charge in [0.05, 0.1) is 40.8 Å². The predicted octanol–water partition coefficient (Wildman–Crippen LogP) is 3.40. The minimum atomic E-state index is -0.378. The number of hydrogen-bond donors (Lipinski definition) is 3. The third kappa shape index (κ3) is 5.20. The molecule has 3 N–H and O–H groups in total. The minimum Gasteiger partial charge on any atom is -0.481 e. The van der Waals surface area contributed by atoms with Gasteiger partial charge in [0.25, 0.3) is 0 Å². The Balaban J connectivity index is 0.00000280. The third-order valence-corrected chi connectivity index (χ3v) is 8.80. The molecule has 3 aliphatic rings. The number of aliphatic hydroxyl groups excluding tert-OH is 1. The van der Waals surface area contributed by atoms with Crippen molar-refractivity contribution in [3.8, 4) is 5.88 Å². The summed E-state index contributed by atoms with van der Waals surface area (Å²) in [5.74, 6) is 1.65. The standard InChI is InChI=1S/C26H30N6O3S.ClH/c1-35-23-5-3-17-24(31-23)19(6-9-27-17)32-10-7-26(8-11-32)12-18(20(33)13-26)28-14-16-2-4-21-25(29-16)30-22(34)15-36-21;/h2-6,9,18,20,28,33H,7-8,10-15H2,1H3,(H,29,30,34);1H/t18-,20-;/m0./s1. The van der Waals surface area contributed by atoms with Gasteiger partial charge in [-0.15, -0.1) is 24.2 Å². The average Bonchev–Trinajstić information content (AvgIpc) is 3.21. The monoisotopic (exact) mass is 542 g/mol. The number of carbonyl (C=O) groups is 1. The number of pyridine rings is 3. The number of hydrogen-bond acceptors (Lipinski definition) is 9. The molecule has 0 bridgehead atoms. The summed E-state index contributed by atoms with van der Waals surface area (Å²) in [4.78, 5) is 28.8. The van der Waals surface area contributed by atoms with Gasteiger partial charge in [-0.05, 0) is 55.4 Å². The van der Waals surface area contributed by atoms with E-state index in [1.165, 1.54) is 11.8 Å². The number of amides is 1. The fraction of sp³-hybridized carbons (Fsp3) is 0.462. The van der Waals surface area contributed by atoms with E-state index in [9.17, 15) is 9.90 Å². The van der Waals surface area contributed by atoms with Gasteiger partial charge in [0.2, 0.25) is 11.8 Å². The number of aromatic nitrogens is 3. The second-order valence-corrected chi connectivity index (χ2v) is 11.0. The minimum absolute atomic E-state index is 0. The quantitative estimate of drug-likeness (QED) is 0.446. The number of thioether (sulfide) groups is 1. The molecular formula is C26H31ClN6O3S. The summed E-state index contributed by atoms with van der Waals surface area (Å²) >= 11 is 1.51. The number of ether oxygens (including phenoxy) is 1. The van der Waals surface area contributed by atoms with E-state index in [4.69, 9.17) is 4.74 Å². The zero-order valence-corrected chi connectivity index (χ0v) is 22.3. The zero-order chi connectivity index (χ0) is 24.7. The van der Waals surface area contributed by atoms with Crippen molar-refractivity contribution < 1.29 is 14.6 Å². The van der Waals surface area contributed by atoms with Crippen LogP contribution in [0.2, 0.25) is 0 Å². The largest absolute Gasteiger partial charge is 0.481 e. The average molecular weight is 543 g/mol. The van der Waals surface area contributed by atoms with Gasteiger partial charge in [0, 0.05) is 37.9 Å². The highest BCUT2D eigenvalue weighted by Gasteiger charge is 2.46. The Labute approximate surface area is 226 Å². The number of carbonyl (C=O) groups excluding carboxylic acids is 1. The van der Waals surface area contributed by atoms with Crippen molar-refractivity contribution in [1.82, 2.24) is 20.3 Å². The molecule has 6 rings (SSSR count). The van der Waals surface area contributed by atoms with Crippen LogP contribution in [0, 0.1) is 5.41 Å². The lowest BCUT2D eigenvalue weighted by Gasteiger charge is -2.40. The summed E-state index contributed by atoms with van der Waals surface area (Å²) in [6, 6.07) is 9.86. The highest BCUT2D eigenvalue weighted by atomic mass is 35.5. The summed E-state index contributed by atoms with van der Waals surface area (Å²) < 4.78 is 5.34. The maximum Gasteiger partial charge on any atom is 0.235 e. The summed E-state index contributed by atoms with van der Waals surface area (Å²) in [7, 11) is 1.63. The molecule has 1 amide bonds. The van der Waals surface area contributed by atoms with E-state index in [1.54, 1.807) is 7.11 Å². The van der Waals surface area contributed by atoms with E-state index in [2.05, 4.69) is 30.5 Å². The molecule has 37 heavy (non-hydrogen) atoms. The summed E-state index contributed by atoms with van der Waals surface area (Å²) in [5, 5.41) is 17.3. The molecule has 1 spiro atoms. The molecule has 2 fully saturated rings. The first-order valence-corrected chi connectivity index (χ1v) is 13.4. The number of aliphatic hydroxyl groups is 1. The molecule has 2 aliphatic heterocycles. The van der Waals surface area contributed by atoms with Crippen molar-refractivity contribution in [3.63, 3.8) is 0 Å². The van der Waals surface area contributed by atoms with Crippen LogP contribution in [0.3, 0.4) is 0 Å². The molecule has 1 aliphatic carbocycles. The van der Waals surface area contributed by atoms with Gasteiger partial charge >= 0.3 is 0 Å². The second kappa shape index (κ2) is 10.6. The van der Waals surface area contributed by atoms with Gasteiger partial charge in [-0.1, -0.05) is 0 Å². The van der Waals surface area contributed by atoms with E-state index in [-0.39, 0.29) is 35.9 Å². The molecule has 0 radical (unpaired) electrons. The van der Waals surface area contributed by atoms with Crippen LogP contribution in [0.15, 0.2) is 41.4 Å². The van der Waals surface area contributed by atoms with Crippen molar-refractivity contribution >= 4 is 52.6 Å². The van der Waals surface area contributed by atoms with Crippen LogP contribution in [-0.2, 0) is 11.3 Å². The van der Waals surface area contributed by atoms with Crippen LogP contribution in [0.25, 0.3) is 11.0 Å². The number of rotatable bonds is 5. The van der Waals surface area contributed by atoms with Crippen LogP contribution in [0.1, 0.15) is 31.4 Å². The third-order valence-electron chi connectivity index (χ3n) is 7.75. The van der Waals surface area contributed by atoms with Crippen LogP contribution >= 0.6 is 24.2 Å².